The molecule has 0 N–H and O–H groups in total. The first-order valence-corrected chi connectivity index (χ1v) is 7.41. The third-order valence-corrected chi connectivity index (χ3v) is 3.43. The molecule has 0 saturated carbocycles. The molecule has 110 valence electrons. The van der Waals surface area contributed by atoms with E-state index in [0.717, 1.165) is 16.9 Å². The molecule has 0 saturated heterocycles. The first kappa shape index (κ1) is 14.7. The van der Waals surface area contributed by atoms with Crippen molar-refractivity contribution >= 4 is 0 Å². The molecule has 0 aliphatic rings. The normalized spacial score (nSPS) is 9.57. The van der Waals surface area contributed by atoms with Crippen LogP contribution in [-0.4, -0.2) is 0 Å². The number of para-hydroxylation sites is 1. The minimum atomic E-state index is 0.718. The van der Waals surface area contributed by atoms with Gasteiger partial charge in [0.15, 0.2) is 0 Å². The Labute approximate surface area is 136 Å². The molecular weight excluding hydrogens is 280 g/mol. The Balaban J connectivity index is 1.84. The van der Waals surface area contributed by atoms with E-state index < -0.39 is 0 Å². The zero-order valence-corrected chi connectivity index (χ0v) is 12.7. The monoisotopic (exact) mass is 296 g/mol. The summed E-state index contributed by atoms with van der Waals surface area (Å²) in [5.74, 6) is 7.04. The maximum absolute atomic E-state index is 5.36. The highest BCUT2D eigenvalue weighted by Crippen LogP contribution is 2.20. The molecule has 3 aromatic carbocycles. The van der Waals surface area contributed by atoms with Crippen LogP contribution in [0, 0.1) is 11.8 Å². The summed E-state index contributed by atoms with van der Waals surface area (Å²) in [5.41, 5.74) is 4.21. The molecule has 0 fully saturated rings. The second-order valence-electron chi connectivity index (χ2n) is 4.97. The maximum Gasteiger partial charge on any atom is 0.142 e. The molecule has 0 aliphatic carbocycles. The summed E-state index contributed by atoms with van der Waals surface area (Å²) in [6.45, 7) is 3.58. The molecule has 23 heavy (non-hydrogen) atoms. The summed E-state index contributed by atoms with van der Waals surface area (Å²) in [6, 6.07) is 26.2. The molecule has 0 heterocycles. The minimum Gasteiger partial charge on any atom is -0.464 e. The SMILES string of the molecule is C=COc1ccccc1C#Cc1ccc(-c2ccccc2)cc1. The highest BCUT2D eigenvalue weighted by Gasteiger charge is 1.98. The number of ether oxygens (including phenoxy) is 1. The summed E-state index contributed by atoms with van der Waals surface area (Å²) in [6.07, 6.45) is 1.41. The Kier molecular flexibility index (Phi) is 4.57. The standard InChI is InChI=1S/C22H16O/c1-2-23-22-11-7-6-10-21(22)17-14-18-12-15-20(16-13-18)19-8-4-3-5-9-19/h2-13,15-16H,1H2. The van der Waals surface area contributed by atoms with Gasteiger partial charge >= 0.3 is 0 Å². The number of benzene rings is 3. The van der Waals surface area contributed by atoms with Crippen LogP contribution in [-0.2, 0) is 0 Å². The Morgan fingerprint density at radius 2 is 1.35 bits per heavy atom. The molecule has 3 aromatic rings. The smallest absolute Gasteiger partial charge is 0.142 e. The molecule has 0 spiro atoms. The van der Waals surface area contributed by atoms with Crippen LogP contribution in [0.25, 0.3) is 11.1 Å². The third kappa shape index (κ3) is 3.70. The fourth-order valence-corrected chi connectivity index (χ4v) is 2.28. The van der Waals surface area contributed by atoms with Crippen molar-refractivity contribution in [2.24, 2.45) is 0 Å². The van der Waals surface area contributed by atoms with E-state index in [0.29, 0.717) is 0 Å². The van der Waals surface area contributed by atoms with Gasteiger partial charge in [0.1, 0.15) is 5.75 Å². The largest absolute Gasteiger partial charge is 0.464 e. The molecule has 0 aromatic heterocycles. The molecule has 0 atom stereocenters. The van der Waals surface area contributed by atoms with Crippen molar-refractivity contribution in [1.29, 1.82) is 0 Å². The lowest BCUT2D eigenvalue weighted by Gasteiger charge is -2.02. The van der Waals surface area contributed by atoms with Crippen molar-refractivity contribution in [2.75, 3.05) is 0 Å². The second kappa shape index (κ2) is 7.15. The summed E-state index contributed by atoms with van der Waals surface area (Å²) in [4.78, 5) is 0. The molecule has 0 aliphatic heterocycles. The van der Waals surface area contributed by atoms with Gasteiger partial charge in [-0.1, -0.05) is 73.0 Å². The van der Waals surface area contributed by atoms with E-state index in [9.17, 15) is 0 Å². The van der Waals surface area contributed by atoms with Gasteiger partial charge in [-0.25, -0.2) is 0 Å². The van der Waals surface area contributed by atoms with Gasteiger partial charge in [0.25, 0.3) is 0 Å². The van der Waals surface area contributed by atoms with Gasteiger partial charge in [0, 0.05) is 5.56 Å². The van der Waals surface area contributed by atoms with E-state index >= 15 is 0 Å². The lowest BCUT2D eigenvalue weighted by molar-refractivity contribution is 0.482. The Morgan fingerprint density at radius 1 is 0.696 bits per heavy atom. The number of hydrogen-bond donors (Lipinski definition) is 0. The van der Waals surface area contributed by atoms with Crippen molar-refractivity contribution in [3.05, 3.63) is 103 Å². The van der Waals surface area contributed by atoms with Gasteiger partial charge in [-0.05, 0) is 35.4 Å². The predicted octanol–water partition coefficient (Wildman–Crippen LogP) is 5.28. The zero-order valence-electron chi connectivity index (χ0n) is 12.7. The van der Waals surface area contributed by atoms with Gasteiger partial charge in [0.2, 0.25) is 0 Å². The fraction of sp³-hybridized carbons (Fsp3) is 0. The second-order valence-corrected chi connectivity index (χ2v) is 4.97. The molecule has 3 rings (SSSR count). The highest BCUT2D eigenvalue weighted by molar-refractivity contribution is 5.64. The number of hydrogen-bond acceptors (Lipinski definition) is 1. The number of rotatable bonds is 3. The van der Waals surface area contributed by atoms with E-state index in [4.69, 9.17) is 4.74 Å². The summed E-state index contributed by atoms with van der Waals surface area (Å²) in [7, 11) is 0. The first-order chi connectivity index (χ1) is 11.4. The lowest BCUT2D eigenvalue weighted by Crippen LogP contribution is -1.85. The van der Waals surface area contributed by atoms with Crippen LogP contribution in [0.5, 0.6) is 5.75 Å². The van der Waals surface area contributed by atoms with E-state index in [1.807, 2.05) is 54.6 Å². The van der Waals surface area contributed by atoms with Crippen molar-refractivity contribution in [1.82, 2.24) is 0 Å². The van der Waals surface area contributed by atoms with E-state index in [1.165, 1.54) is 17.4 Å². The molecule has 0 bridgehead atoms. The van der Waals surface area contributed by atoms with Gasteiger partial charge < -0.3 is 4.74 Å². The Morgan fingerprint density at radius 3 is 2.09 bits per heavy atom. The van der Waals surface area contributed by atoms with Crippen molar-refractivity contribution < 1.29 is 4.74 Å². The highest BCUT2D eigenvalue weighted by atomic mass is 16.5. The molecule has 0 radical (unpaired) electrons. The van der Waals surface area contributed by atoms with E-state index in [-0.39, 0.29) is 0 Å². The minimum absolute atomic E-state index is 0.718. The summed E-state index contributed by atoms with van der Waals surface area (Å²) in [5, 5.41) is 0. The van der Waals surface area contributed by atoms with E-state index in [2.05, 4.69) is 42.7 Å². The predicted molar refractivity (Wildman–Crippen MR) is 95.1 cm³/mol. The summed E-state index contributed by atoms with van der Waals surface area (Å²) < 4.78 is 5.36. The molecule has 1 nitrogen and oxygen atoms in total. The summed E-state index contributed by atoms with van der Waals surface area (Å²) >= 11 is 0. The maximum atomic E-state index is 5.36. The van der Waals surface area contributed by atoms with Crippen LogP contribution in [0.3, 0.4) is 0 Å². The van der Waals surface area contributed by atoms with Crippen molar-refractivity contribution in [2.45, 2.75) is 0 Å². The third-order valence-electron chi connectivity index (χ3n) is 3.43. The van der Waals surface area contributed by atoms with Crippen LogP contribution in [0.15, 0.2) is 91.7 Å². The van der Waals surface area contributed by atoms with Crippen molar-refractivity contribution in [3.63, 3.8) is 0 Å². The van der Waals surface area contributed by atoms with Gasteiger partial charge in [-0.3, -0.25) is 0 Å². The topological polar surface area (TPSA) is 9.23 Å². The average molecular weight is 296 g/mol. The zero-order chi connectivity index (χ0) is 15.9. The van der Waals surface area contributed by atoms with Gasteiger partial charge in [0.05, 0.1) is 11.8 Å². The Bertz CT molecular complexity index is 850. The van der Waals surface area contributed by atoms with Crippen LogP contribution >= 0.6 is 0 Å². The van der Waals surface area contributed by atoms with Crippen LogP contribution in [0.2, 0.25) is 0 Å². The van der Waals surface area contributed by atoms with Crippen molar-refractivity contribution in [3.8, 4) is 28.7 Å². The van der Waals surface area contributed by atoms with Gasteiger partial charge in [-0.15, -0.1) is 0 Å². The lowest BCUT2D eigenvalue weighted by atomic mass is 10.0. The van der Waals surface area contributed by atoms with Crippen LogP contribution in [0.1, 0.15) is 11.1 Å². The molecule has 0 unspecified atom stereocenters. The van der Waals surface area contributed by atoms with Crippen LogP contribution in [0.4, 0.5) is 0 Å². The molecule has 1 heteroatoms. The quantitative estimate of drug-likeness (QED) is 0.472. The Hall–Kier alpha value is -3.24. The molecule has 0 amide bonds. The van der Waals surface area contributed by atoms with E-state index in [1.54, 1.807) is 0 Å². The fourth-order valence-electron chi connectivity index (χ4n) is 2.28. The van der Waals surface area contributed by atoms with Gasteiger partial charge in [-0.2, -0.15) is 0 Å². The van der Waals surface area contributed by atoms with Crippen LogP contribution < -0.4 is 4.74 Å². The average Bonchev–Trinajstić information content (AvgIpc) is 2.62. The first-order valence-electron chi connectivity index (χ1n) is 7.41. The molecular formula is C22H16O.